The van der Waals surface area contributed by atoms with Crippen LogP contribution in [-0.4, -0.2) is 29.3 Å². The fourth-order valence-corrected chi connectivity index (χ4v) is 2.60. The molecule has 1 N–H and O–H groups in total. The zero-order valence-corrected chi connectivity index (χ0v) is 12.0. The van der Waals surface area contributed by atoms with Crippen molar-refractivity contribution in [3.8, 4) is 0 Å². The molecular formula is C18H18N2O. The van der Waals surface area contributed by atoms with Crippen LogP contribution in [0.5, 0.6) is 0 Å². The predicted octanol–water partition coefficient (Wildman–Crippen LogP) is 3.48. The summed E-state index contributed by atoms with van der Waals surface area (Å²) in [7, 11) is 1.98. The van der Waals surface area contributed by atoms with Crippen LogP contribution in [0.1, 0.15) is 15.9 Å². The maximum absolute atomic E-state index is 12.2. The van der Waals surface area contributed by atoms with E-state index in [1.807, 2.05) is 49.6 Å². The molecule has 1 aromatic heterocycles. The average Bonchev–Trinajstić information content (AvgIpc) is 2.97. The first-order chi connectivity index (χ1) is 10.2. The van der Waals surface area contributed by atoms with Crippen molar-refractivity contribution in [1.82, 2.24) is 9.88 Å². The van der Waals surface area contributed by atoms with Gasteiger partial charge in [0.05, 0.1) is 6.54 Å². The molecule has 0 aliphatic heterocycles. The quantitative estimate of drug-likeness (QED) is 0.725. The molecule has 3 rings (SSSR count). The Morgan fingerprint density at radius 1 is 1.05 bits per heavy atom. The van der Waals surface area contributed by atoms with Crippen molar-refractivity contribution < 1.29 is 4.79 Å². The topological polar surface area (TPSA) is 36.1 Å². The summed E-state index contributed by atoms with van der Waals surface area (Å²) in [5, 5.41) is 1.22. The average molecular weight is 278 g/mol. The van der Waals surface area contributed by atoms with E-state index in [9.17, 15) is 4.79 Å². The Morgan fingerprint density at radius 3 is 2.67 bits per heavy atom. The van der Waals surface area contributed by atoms with E-state index in [-0.39, 0.29) is 5.78 Å². The van der Waals surface area contributed by atoms with Crippen LogP contribution in [0, 0.1) is 0 Å². The zero-order chi connectivity index (χ0) is 14.7. The molecule has 1 heterocycles. The molecule has 0 fully saturated rings. The van der Waals surface area contributed by atoms with E-state index in [2.05, 4.69) is 28.1 Å². The summed E-state index contributed by atoms with van der Waals surface area (Å²) >= 11 is 0. The van der Waals surface area contributed by atoms with Crippen LogP contribution in [0.4, 0.5) is 0 Å². The van der Waals surface area contributed by atoms with E-state index in [0.717, 1.165) is 17.6 Å². The number of likely N-dealkylation sites (N-methyl/N-ethyl adjacent to an activating group) is 1. The number of ketones is 1. The molecule has 21 heavy (non-hydrogen) atoms. The SMILES string of the molecule is CN(CC(=O)c1ccccc1)Cc1cccc2[nH]ccc12. The number of carbonyl (C=O) groups excluding carboxylic acids is 1. The number of fused-ring (bicyclic) bond motifs is 1. The Bertz CT molecular complexity index is 746. The maximum atomic E-state index is 12.2. The second-order valence-corrected chi connectivity index (χ2v) is 5.32. The Balaban J connectivity index is 1.71. The number of carbonyl (C=O) groups is 1. The fraction of sp³-hybridized carbons (Fsp3) is 0.167. The third-order valence-corrected chi connectivity index (χ3v) is 3.63. The molecule has 0 aliphatic rings. The normalized spacial score (nSPS) is 11.1. The Kier molecular flexibility index (Phi) is 3.84. The van der Waals surface area contributed by atoms with Gasteiger partial charge in [-0.15, -0.1) is 0 Å². The molecule has 0 amide bonds. The molecule has 0 unspecified atom stereocenters. The summed E-state index contributed by atoms with van der Waals surface area (Å²) in [6.07, 6.45) is 1.95. The number of benzene rings is 2. The highest BCUT2D eigenvalue weighted by atomic mass is 16.1. The first kappa shape index (κ1) is 13.6. The summed E-state index contributed by atoms with van der Waals surface area (Å²) in [4.78, 5) is 17.5. The number of aromatic nitrogens is 1. The van der Waals surface area contributed by atoms with E-state index in [0.29, 0.717) is 6.54 Å². The fourth-order valence-electron chi connectivity index (χ4n) is 2.60. The molecule has 0 saturated carbocycles. The van der Waals surface area contributed by atoms with E-state index in [1.165, 1.54) is 10.9 Å². The van der Waals surface area contributed by atoms with Crippen LogP contribution in [0.15, 0.2) is 60.8 Å². The lowest BCUT2D eigenvalue weighted by Gasteiger charge is -2.16. The number of nitrogens with one attached hydrogen (secondary N) is 1. The van der Waals surface area contributed by atoms with Gasteiger partial charge < -0.3 is 4.98 Å². The van der Waals surface area contributed by atoms with Crippen molar-refractivity contribution in [2.75, 3.05) is 13.6 Å². The van der Waals surface area contributed by atoms with Crippen LogP contribution in [-0.2, 0) is 6.54 Å². The second kappa shape index (κ2) is 5.94. The van der Waals surface area contributed by atoms with Crippen molar-refractivity contribution in [1.29, 1.82) is 0 Å². The molecule has 0 spiro atoms. The first-order valence-electron chi connectivity index (χ1n) is 7.06. The molecule has 0 aliphatic carbocycles. The van der Waals surface area contributed by atoms with Crippen molar-refractivity contribution in [3.63, 3.8) is 0 Å². The molecule has 2 aromatic carbocycles. The number of H-pyrrole nitrogens is 1. The van der Waals surface area contributed by atoms with Crippen molar-refractivity contribution >= 4 is 16.7 Å². The lowest BCUT2D eigenvalue weighted by molar-refractivity contribution is 0.0943. The Hall–Kier alpha value is -2.39. The predicted molar refractivity (Wildman–Crippen MR) is 85.4 cm³/mol. The van der Waals surface area contributed by atoms with E-state index in [4.69, 9.17) is 0 Å². The number of aromatic amines is 1. The lowest BCUT2D eigenvalue weighted by atomic mass is 10.1. The molecule has 3 nitrogen and oxygen atoms in total. The second-order valence-electron chi connectivity index (χ2n) is 5.32. The van der Waals surface area contributed by atoms with Crippen LogP contribution in [0.3, 0.4) is 0 Å². The van der Waals surface area contributed by atoms with Gasteiger partial charge in [0.1, 0.15) is 0 Å². The third kappa shape index (κ3) is 3.03. The number of rotatable bonds is 5. The molecule has 3 heteroatoms. The number of Topliss-reactive ketones (excluding diaryl/α,β-unsaturated/α-hetero) is 1. The minimum absolute atomic E-state index is 0.152. The summed E-state index contributed by atoms with van der Waals surface area (Å²) in [6.45, 7) is 1.18. The summed E-state index contributed by atoms with van der Waals surface area (Å²) in [5.41, 5.74) is 3.14. The number of nitrogens with zero attached hydrogens (tertiary/aromatic N) is 1. The lowest BCUT2D eigenvalue weighted by Crippen LogP contribution is -2.25. The summed E-state index contributed by atoms with van der Waals surface area (Å²) < 4.78 is 0. The van der Waals surface area contributed by atoms with Gasteiger partial charge in [0, 0.05) is 29.2 Å². The standard InChI is InChI=1S/C18H18N2O/c1-20(13-18(21)14-6-3-2-4-7-14)12-15-8-5-9-17-16(15)10-11-19-17/h2-11,19H,12-13H2,1H3. The van der Waals surface area contributed by atoms with Crippen LogP contribution in [0.25, 0.3) is 10.9 Å². The van der Waals surface area contributed by atoms with Gasteiger partial charge in [0.25, 0.3) is 0 Å². The first-order valence-corrected chi connectivity index (χ1v) is 7.06. The van der Waals surface area contributed by atoms with E-state index in [1.54, 1.807) is 0 Å². The van der Waals surface area contributed by atoms with Gasteiger partial charge in [-0.3, -0.25) is 9.69 Å². The minimum atomic E-state index is 0.152. The molecular weight excluding hydrogens is 260 g/mol. The number of hydrogen-bond acceptors (Lipinski definition) is 2. The Labute approximate surface area is 124 Å². The number of hydrogen-bond donors (Lipinski definition) is 1. The minimum Gasteiger partial charge on any atom is -0.361 e. The van der Waals surface area contributed by atoms with Gasteiger partial charge >= 0.3 is 0 Å². The van der Waals surface area contributed by atoms with Gasteiger partial charge in [0.2, 0.25) is 0 Å². The molecule has 0 saturated heterocycles. The van der Waals surface area contributed by atoms with Gasteiger partial charge in [-0.25, -0.2) is 0 Å². The Morgan fingerprint density at radius 2 is 1.86 bits per heavy atom. The summed E-state index contributed by atoms with van der Waals surface area (Å²) in [6, 6.07) is 17.7. The molecule has 106 valence electrons. The van der Waals surface area contributed by atoms with Crippen LogP contribution >= 0.6 is 0 Å². The maximum Gasteiger partial charge on any atom is 0.176 e. The highest BCUT2D eigenvalue weighted by Gasteiger charge is 2.10. The van der Waals surface area contributed by atoms with Gasteiger partial charge in [-0.1, -0.05) is 42.5 Å². The van der Waals surface area contributed by atoms with Crippen molar-refractivity contribution in [2.45, 2.75) is 6.54 Å². The van der Waals surface area contributed by atoms with E-state index >= 15 is 0 Å². The van der Waals surface area contributed by atoms with Gasteiger partial charge in [0.15, 0.2) is 5.78 Å². The van der Waals surface area contributed by atoms with Gasteiger partial charge in [-0.05, 0) is 24.7 Å². The highest BCUT2D eigenvalue weighted by molar-refractivity contribution is 5.97. The smallest absolute Gasteiger partial charge is 0.176 e. The molecule has 3 aromatic rings. The van der Waals surface area contributed by atoms with Crippen molar-refractivity contribution in [3.05, 3.63) is 71.9 Å². The third-order valence-electron chi connectivity index (χ3n) is 3.63. The zero-order valence-electron chi connectivity index (χ0n) is 12.0. The molecule has 0 bridgehead atoms. The highest BCUT2D eigenvalue weighted by Crippen LogP contribution is 2.18. The van der Waals surface area contributed by atoms with Crippen LogP contribution < -0.4 is 0 Å². The van der Waals surface area contributed by atoms with Gasteiger partial charge in [-0.2, -0.15) is 0 Å². The molecule has 0 atom stereocenters. The monoisotopic (exact) mass is 278 g/mol. The molecule has 0 radical (unpaired) electrons. The van der Waals surface area contributed by atoms with E-state index < -0.39 is 0 Å². The largest absolute Gasteiger partial charge is 0.361 e. The van der Waals surface area contributed by atoms with Crippen molar-refractivity contribution in [2.24, 2.45) is 0 Å². The van der Waals surface area contributed by atoms with Crippen LogP contribution in [0.2, 0.25) is 0 Å². The summed E-state index contributed by atoms with van der Waals surface area (Å²) in [5.74, 6) is 0.152.